The molecule has 0 radical (unpaired) electrons. The van der Waals surface area contributed by atoms with Crippen molar-refractivity contribution in [3.63, 3.8) is 0 Å². The average Bonchev–Trinajstić information content (AvgIpc) is 2.55. The molecule has 0 aliphatic carbocycles. The predicted molar refractivity (Wildman–Crippen MR) is 109 cm³/mol. The maximum absolute atomic E-state index is 5.98. The van der Waals surface area contributed by atoms with Crippen LogP contribution in [0.3, 0.4) is 0 Å². The van der Waals surface area contributed by atoms with Crippen molar-refractivity contribution in [3.05, 3.63) is 58.6 Å². The summed E-state index contributed by atoms with van der Waals surface area (Å²) in [7, 11) is 0. The van der Waals surface area contributed by atoms with Gasteiger partial charge in [0.1, 0.15) is 0 Å². The number of aliphatic imine (C=N–C) groups is 1. The molecule has 1 nitrogen and oxygen atoms in total. The third kappa shape index (κ3) is 4.87. The summed E-state index contributed by atoms with van der Waals surface area (Å²) in [4.78, 5) is 6.26. The smallest absolute Gasteiger partial charge is 0.0783 e. The Hall–Kier alpha value is -1.25. The summed E-state index contributed by atoms with van der Waals surface area (Å²) < 4.78 is 0. The van der Waals surface area contributed by atoms with E-state index in [1.807, 2.05) is 12.1 Å². The van der Waals surface area contributed by atoms with Crippen molar-refractivity contribution in [1.29, 1.82) is 0 Å². The minimum absolute atomic E-state index is 0.459. The second kappa shape index (κ2) is 8.73. The number of hydrogen-bond donors (Lipinski definition) is 0. The van der Waals surface area contributed by atoms with E-state index in [0.717, 1.165) is 22.2 Å². The van der Waals surface area contributed by atoms with Gasteiger partial charge in [0.2, 0.25) is 0 Å². The van der Waals surface area contributed by atoms with E-state index in [0.29, 0.717) is 11.8 Å². The van der Waals surface area contributed by atoms with Crippen LogP contribution in [0.2, 0.25) is 5.02 Å². The monoisotopic (exact) mass is 359 g/mol. The highest BCUT2D eigenvalue weighted by Crippen LogP contribution is 2.36. The van der Waals surface area contributed by atoms with Crippen LogP contribution in [0.5, 0.6) is 0 Å². The number of para-hydroxylation sites is 1. The van der Waals surface area contributed by atoms with Crippen LogP contribution in [0.15, 0.2) is 52.4 Å². The first-order chi connectivity index (χ1) is 11.4. The van der Waals surface area contributed by atoms with Crippen molar-refractivity contribution < 1.29 is 0 Å². The van der Waals surface area contributed by atoms with E-state index < -0.39 is 0 Å². The summed E-state index contributed by atoms with van der Waals surface area (Å²) >= 11 is 7.71. The molecule has 0 N–H and O–H groups in total. The standard InChI is InChI=1S/C21H26ClNS/c1-6-20(24-17-12-10-16(22)11-13-17)23-21-18(14(2)3)8-7-9-19(21)15(4)5/h7-15H,6H2,1-5H3. The summed E-state index contributed by atoms with van der Waals surface area (Å²) in [5.74, 6) is 0.919. The van der Waals surface area contributed by atoms with E-state index in [2.05, 4.69) is 65.0 Å². The highest BCUT2D eigenvalue weighted by molar-refractivity contribution is 8.14. The molecule has 3 heteroatoms. The molecule has 2 aromatic carbocycles. The molecule has 0 saturated carbocycles. The van der Waals surface area contributed by atoms with Gasteiger partial charge in [0.25, 0.3) is 0 Å². The highest BCUT2D eigenvalue weighted by atomic mass is 35.5. The molecule has 0 amide bonds. The average molecular weight is 360 g/mol. The topological polar surface area (TPSA) is 12.4 Å². The minimum Gasteiger partial charge on any atom is -0.246 e. The molecular formula is C21H26ClNS. The first kappa shape index (κ1) is 19.1. The molecule has 24 heavy (non-hydrogen) atoms. The van der Waals surface area contributed by atoms with Crippen LogP contribution in [0, 0.1) is 0 Å². The van der Waals surface area contributed by atoms with Gasteiger partial charge in [-0.2, -0.15) is 0 Å². The first-order valence-corrected chi connectivity index (χ1v) is 9.75. The molecule has 0 saturated heterocycles. The Morgan fingerprint density at radius 2 is 1.50 bits per heavy atom. The fourth-order valence-electron chi connectivity index (χ4n) is 2.58. The molecule has 0 bridgehead atoms. The predicted octanol–water partition coefficient (Wildman–Crippen LogP) is 7.82. The van der Waals surface area contributed by atoms with Crippen LogP contribution in [0.25, 0.3) is 0 Å². The van der Waals surface area contributed by atoms with E-state index in [1.165, 1.54) is 16.0 Å². The number of hydrogen-bond acceptors (Lipinski definition) is 2. The molecule has 0 atom stereocenters. The SMILES string of the molecule is CCC(=Nc1c(C(C)C)cccc1C(C)C)Sc1ccc(Cl)cc1. The maximum atomic E-state index is 5.98. The van der Waals surface area contributed by atoms with E-state index in [9.17, 15) is 0 Å². The van der Waals surface area contributed by atoms with Gasteiger partial charge in [0.05, 0.1) is 10.7 Å². The number of nitrogens with zero attached hydrogens (tertiary/aromatic N) is 1. The largest absolute Gasteiger partial charge is 0.246 e. The fourth-order valence-corrected chi connectivity index (χ4v) is 3.53. The van der Waals surface area contributed by atoms with Crippen molar-refractivity contribution in [2.45, 2.75) is 57.8 Å². The van der Waals surface area contributed by atoms with Crippen molar-refractivity contribution in [2.24, 2.45) is 4.99 Å². The molecule has 0 spiro atoms. The molecule has 0 fully saturated rings. The van der Waals surface area contributed by atoms with Crippen molar-refractivity contribution in [1.82, 2.24) is 0 Å². The number of halogens is 1. The van der Waals surface area contributed by atoms with Crippen LogP contribution >= 0.6 is 23.4 Å². The molecule has 0 aliphatic rings. The van der Waals surface area contributed by atoms with E-state index >= 15 is 0 Å². The third-order valence-electron chi connectivity index (χ3n) is 3.93. The molecule has 2 rings (SSSR count). The number of thioether (sulfide) groups is 1. The van der Waals surface area contributed by atoms with Gasteiger partial charge in [-0.25, -0.2) is 4.99 Å². The van der Waals surface area contributed by atoms with E-state index in [4.69, 9.17) is 16.6 Å². The summed E-state index contributed by atoms with van der Waals surface area (Å²) in [6.07, 6.45) is 0.914. The normalized spacial score (nSPS) is 12.2. The second-order valence-electron chi connectivity index (χ2n) is 6.51. The Morgan fingerprint density at radius 1 is 0.958 bits per heavy atom. The molecule has 2 aromatic rings. The van der Waals surface area contributed by atoms with Gasteiger partial charge in [-0.05, 0) is 53.6 Å². The lowest BCUT2D eigenvalue weighted by atomic mass is 9.93. The summed E-state index contributed by atoms with van der Waals surface area (Å²) in [5.41, 5.74) is 3.80. The third-order valence-corrected chi connectivity index (χ3v) is 5.31. The van der Waals surface area contributed by atoms with Crippen LogP contribution in [0.1, 0.15) is 64.0 Å². The van der Waals surface area contributed by atoms with E-state index in [1.54, 1.807) is 11.8 Å². The highest BCUT2D eigenvalue weighted by Gasteiger charge is 2.14. The Bertz CT molecular complexity index is 676. The zero-order valence-electron chi connectivity index (χ0n) is 15.1. The van der Waals surface area contributed by atoms with Crippen LogP contribution in [-0.4, -0.2) is 5.04 Å². The van der Waals surface area contributed by atoms with Crippen LogP contribution < -0.4 is 0 Å². The van der Waals surface area contributed by atoms with Gasteiger partial charge < -0.3 is 0 Å². The van der Waals surface area contributed by atoms with Gasteiger partial charge in [-0.1, -0.05) is 76.2 Å². The maximum Gasteiger partial charge on any atom is 0.0783 e. The van der Waals surface area contributed by atoms with Gasteiger partial charge in [-0.15, -0.1) is 0 Å². The van der Waals surface area contributed by atoms with Crippen molar-refractivity contribution in [3.8, 4) is 0 Å². The summed E-state index contributed by atoms with van der Waals surface area (Å²) in [6.45, 7) is 11.1. The quantitative estimate of drug-likeness (QED) is 0.301. The van der Waals surface area contributed by atoms with Crippen molar-refractivity contribution >= 4 is 34.1 Å². The summed E-state index contributed by atoms with van der Waals surface area (Å²) in [5, 5.41) is 1.90. The van der Waals surface area contributed by atoms with Crippen LogP contribution in [0.4, 0.5) is 5.69 Å². The lowest BCUT2D eigenvalue weighted by molar-refractivity contribution is 0.834. The fraction of sp³-hybridized carbons (Fsp3) is 0.381. The molecule has 0 unspecified atom stereocenters. The Kier molecular flexibility index (Phi) is 6.94. The van der Waals surface area contributed by atoms with Gasteiger partial charge in [0, 0.05) is 9.92 Å². The Labute approximate surface area is 155 Å². The minimum atomic E-state index is 0.459. The first-order valence-electron chi connectivity index (χ1n) is 8.56. The van der Waals surface area contributed by atoms with Gasteiger partial charge in [0.15, 0.2) is 0 Å². The second-order valence-corrected chi connectivity index (χ2v) is 8.09. The molecule has 0 heterocycles. The zero-order valence-corrected chi connectivity index (χ0v) is 16.7. The lowest BCUT2D eigenvalue weighted by Crippen LogP contribution is -1.98. The van der Waals surface area contributed by atoms with Crippen molar-refractivity contribution in [2.75, 3.05) is 0 Å². The molecule has 0 aliphatic heterocycles. The summed E-state index contributed by atoms with van der Waals surface area (Å²) in [6, 6.07) is 14.5. The molecular weight excluding hydrogens is 334 g/mol. The Balaban J connectivity index is 2.44. The Morgan fingerprint density at radius 3 is 1.96 bits per heavy atom. The molecule has 0 aromatic heterocycles. The number of rotatable bonds is 5. The zero-order chi connectivity index (χ0) is 17.7. The van der Waals surface area contributed by atoms with E-state index in [-0.39, 0.29) is 0 Å². The molecule has 128 valence electrons. The van der Waals surface area contributed by atoms with Gasteiger partial charge in [-0.3, -0.25) is 0 Å². The van der Waals surface area contributed by atoms with Crippen LogP contribution in [-0.2, 0) is 0 Å². The lowest BCUT2D eigenvalue weighted by Gasteiger charge is -2.17. The number of benzene rings is 2. The van der Waals surface area contributed by atoms with Gasteiger partial charge >= 0.3 is 0 Å².